The van der Waals surface area contributed by atoms with E-state index >= 15 is 0 Å². The number of rotatable bonds is 3. The summed E-state index contributed by atoms with van der Waals surface area (Å²) < 4.78 is 11.0. The molecule has 108 valence electrons. The molecule has 0 aliphatic carbocycles. The summed E-state index contributed by atoms with van der Waals surface area (Å²) in [6.07, 6.45) is 0.816. The summed E-state index contributed by atoms with van der Waals surface area (Å²) in [6.45, 7) is 2.73. The van der Waals surface area contributed by atoms with E-state index in [1.807, 2.05) is 0 Å². The second kappa shape index (κ2) is 6.14. The number of nitrogens with two attached hydrogens (primary N) is 1. The zero-order valence-corrected chi connectivity index (χ0v) is 11.1. The van der Waals surface area contributed by atoms with Crippen LogP contribution in [0.25, 0.3) is 0 Å². The van der Waals surface area contributed by atoms with Crippen LogP contribution in [-0.2, 0) is 4.79 Å². The summed E-state index contributed by atoms with van der Waals surface area (Å²) in [4.78, 5) is 11.9. The number of hydrogen-bond donors (Lipinski definition) is 3. The van der Waals surface area contributed by atoms with Crippen LogP contribution < -0.4 is 20.5 Å². The highest BCUT2D eigenvalue weighted by molar-refractivity contribution is 6.07. The van der Waals surface area contributed by atoms with E-state index in [0.717, 1.165) is 6.42 Å². The Labute approximate surface area is 116 Å². The molecule has 1 aliphatic heterocycles. The van der Waals surface area contributed by atoms with E-state index in [4.69, 9.17) is 20.4 Å². The van der Waals surface area contributed by atoms with E-state index in [0.29, 0.717) is 30.4 Å². The van der Waals surface area contributed by atoms with Crippen LogP contribution in [-0.4, -0.2) is 30.2 Å². The van der Waals surface area contributed by atoms with Gasteiger partial charge in [-0.15, -0.1) is 0 Å². The van der Waals surface area contributed by atoms with Gasteiger partial charge in [-0.3, -0.25) is 4.79 Å². The van der Waals surface area contributed by atoms with Crippen LogP contribution in [0.15, 0.2) is 23.4 Å². The predicted molar refractivity (Wildman–Crippen MR) is 73.3 cm³/mol. The van der Waals surface area contributed by atoms with Crippen molar-refractivity contribution < 1.29 is 19.5 Å². The Morgan fingerprint density at radius 1 is 1.40 bits per heavy atom. The van der Waals surface area contributed by atoms with Crippen LogP contribution >= 0.6 is 0 Å². The van der Waals surface area contributed by atoms with Gasteiger partial charge in [-0.05, 0) is 19.1 Å². The standard InChI is InChI=1S/C13H17N3O4/c1-8(12(14)16-18)13(17)15-9-3-4-10-11(7-9)20-6-2-5-19-10/h3-4,7-8,18H,2,5-6H2,1H3,(H2,14,16)(H,15,17). The Morgan fingerprint density at radius 3 is 2.80 bits per heavy atom. The number of nitrogens with zero attached hydrogens (tertiary/aromatic N) is 1. The fourth-order valence-electron chi connectivity index (χ4n) is 1.71. The summed E-state index contributed by atoms with van der Waals surface area (Å²) in [5.74, 6) is 0.0179. The second-order valence-corrected chi connectivity index (χ2v) is 4.45. The van der Waals surface area contributed by atoms with Gasteiger partial charge in [-0.2, -0.15) is 0 Å². The van der Waals surface area contributed by atoms with Gasteiger partial charge in [0.15, 0.2) is 17.3 Å². The molecule has 1 atom stereocenters. The third-order valence-electron chi connectivity index (χ3n) is 2.97. The van der Waals surface area contributed by atoms with Gasteiger partial charge in [0.2, 0.25) is 5.91 Å². The van der Waals surface area contributed by atoms with E-state index < -0.39 is 5.92 Å². The van der Waals surface area contributed by atoms with Gasteiger partial charge < -0.3 is 25.7 Å². The molecule has 0 radical (unpaired) electrons. The number of oxime groups is 1. The topological polar surface area (TPSA) is 106 Å². The highest BCUT2D eigenvalue weighted by Crippen LogP contribution is 2.32. The van der Waals surface area contributed by atoms with Gasteiger partial charge in [-0.25, -0.2) is 0 Å². The molecule has 0 bridgehead atoms. The third kappa shape index (κ3) is 3.11. The maximum Gasteiger partial charge on any atom is 0.234 e. The van der Waals surface area contributed by atoms with Crippen molar-refractivity contribution in [1.29, 1.82) is 0 Å². The lowest BCUT2D eigenvalue weighted by Crippen LogP contribution is -2.32. The molecule has 4 N–H and O–H groups in total. The van der Waals surface area contributed by atoms with Crippen molar-refractivity contribution in [2.45, 2.75) is 13.3 Å². The molecule has 0 saturated carbocycles. The quantitative estimate of drug-likeness (QED) is 0.333. The van der Waals surface area contributed by atoms with Gasteiger partial charge in [0.1, 0.15) is 0 Å². The van der Waals surface area contributed by atoms with Crippen LogP contribution in [0, 0.1) is 5.92 Å². The van der Waals surface area contributed by atoms with Gasteiger partial charge in [0, 0.05) is 18.2 Å². The summed E-state index contributed by atoms with van der Waals surface area (Å²) in [5, 5.41) is 14.1. The highest BCUT2D eigenvalue weighted by atomic mass is 16.5. The lowest BCUT2D eigenvalue weighted by molar-refractivity contribution is -0.117. The summed E-state index contributed by atoms with van der Waals surface area (Å²) >= 11 is 0. The Morgan fingerprint density at radius 2 is 2.10 bits per heavy atom. The minimum absolute atomic E-state index is 0.142. The predicted octanol–water partition coefficient (Wildman–Crippen LogP) is 1.17. The highest BCUT2D eigenvalue weighted by Gasteiger charge is 2.18. The van der Waals surface area contributed by atoms with E-state index in [2.05, 4.69) is 10.5 Å². The number of carbonyl (C=O) groups is 1. The van der Waals surface area contributed by atoms with Crippen molar-refractivity contribution in [2.75, 3.05) is 18.5 Å². The fraction of sp³-hybridized carbons (Fsp3) is 0.385. The summed E-state index contributed by atoms with van der Waals surface area (Å²) in [6, 6.07) is 5.15. The molecule has 20 heavy (non-hydrogen) atoms. The average Bonchev–Trinajstić information content (AvgIpc) is 2.70. The van der Waals surface area contributed by atoms with Gasteiger partial charge in [0.05, 0.1) is 19.1 Å². The Kier molecular flexibility index (Phi) is 4.29. The molecular weight excluding hydrogens is 262 g/mol. The lowest BCUT2D eigenvalue weighted by Gasteiger charge is -2.13. The van der Waals surface area contributed by atoms with E-state index in [1.54, 1.807) is 25.1 Å². The monoisotopic (exact) mass is 279 g/mol. The maximum atomic E-state index is 11.9. The molecule has 7 heteroatoms. The molecule has 1 amide bonds. The van der Waals surface area contributed by atoms with E-state index in [-0.39, 0.29) is 11.7 Å². The Hall–Kier alpha value is -2.44. The third-order valence-corrected chi connectivity index (χ3v) is 2.97. The zero-order chi connectivity index (χ0) is 14.5. The summed E-state index contributed by atoms with van der Waals surface area (Å²) in [7, 11) is 0. The van der Waals surface area contributed by atoms with Crippen molar-refractivity contribution in [2.24, 2.45) is 16.8 Å². The van der Waals surface area contributed by atoms with Crippen LogP contribution in [0.4, 0.5) is 5.69 Å². The maximum absolute atomic E-state index is 11.9. The first-order chi connectivity index (χ1) is 9.61. The number of ether oxygens (including phenoxy) is 2. The number of carbonyl (C=O) groups excluding carboxylic acids is 1. The second-order valence-electron chi connectivity index (χ2n) is 4.45. The van der Waals surface area contributed by atoms with E-state index in [1.165, 1.54) is 0 Å². The molecule has 0 saturated heterocycles. The minimum atomic E-state index is -0.726. The molecule has 0 fully saturated rings. The van der Waals surface area contributed by atoms with Crippen molar-refractivity contribution in [1.82, 2.24) is 0 Å². The first kappa shape index (κ1) is 14.0. The smallest absolute Gasteiger partial charge is 0.234 e. The van der Waals surface area contributed by atoms with Crippen LogP contribution in [0.3, 0.4) is 0 Å². The zero-order valence-electron chi connectivity index (χ0n) is 11.1. The Bertz CT molecular complexity index is 530. The molecule has 0 aromatic heterocycles. The molecule has 1 aliphatic rings. The molecule has 1 heterocycles. The number of nitrogens with one attached hydrogen (secondary N) is 1. The molecular formula is C13H17N3O4. The minimum Gasteiger partial charge on any atom is -0.490 e. The number of fused-ring (bicyclic) bond motifs is 1. The van der Waals surface area contributed by atoms with Gasteiger partial charge in [0.25, 0.3) is 0 Å². The van der Waals surface area contributed by atoms with Crippen LogP contribution in [0.1, 0.15) is 13.3 Å². The van der Waals surface area contributed by atoms with Crippen molar-refractivity contribution >= 4 is 17.4 Å². The lowest BCUT2D eigenvalue weighted by atomic mass is 10.1. The molecule has 0 spiro atoms. The molecule has 2 rings (SSSR count). The van der Waals surface area contributed by atoms with E-state index in [9.17, 15) is 4.79 Å². The van der Waals surface area contributed by atoms with Crippen LogP contribution in [0.5, 0.6) is 11.5 Å². The molecule has 7 nitrogen and oxygen atoms in total. The van der Waals surface area contributed by atoms with Gasteiger partial charge >= 0.3 is 0 Å². The molecule has 1 aromatic carbocycles. The molecule has 1 unspecified atom stereocenters. The first-order valence-corrected chi connectivity index (χ1v) is 6.29. The molecule has 1 aromatic rings. The van der Waals surface area contributed by atoms with Crippen molar-refractivity contribution in [3.63, 3.8) is 0 Å². The van der Waals surface area contributed by atoms with Crippen LogP contribution in [0.2, 0.25) is 0 Å². The fourth-order valence-corrected chi connectivity index (χ4v) is 1.71. The first-order valence-electron chi connectivity index (χ1n) is 6.29. The largest absolute Gasteiger partial charge is 0.490 e. The van der Waals surface area contributed by atoms with Crippen molar-refractivity contribution in [3.8, 4) is 11.5 Å². The number of hydrogen-bond acceptors (Lipinski definition) is 5. The van der Waals surface area contributed by atoms with Crippen molar-refractivity contribution in [3.05, 3.63) is 18.2 Å². The van der Waals surface area contributed by atoms with Gasteiger partial charge in [-0.1, -0.05) is 5.16 Å². The Balaban J connectivity index is 2.10. The number of amides is 1. The number of anilines is 1. The number of benzene rings is 1. The summed E-state index contributed by atoms with van der Waals surface area (Å²) in [5.41, 5.74) is 5.96. The average molecular weight is 279 g/mol. The number of amidine groups is 1. The SMILES string of the molecule is CC(C(=O)Nc1ccc2c(c1)OCCCO2)C(N)=NO. The normalized spacial score (nSPS) is 16.1.